The molecule has 0 fully saturated rings. The molecule has 0 bridgehead atoms. The van der Waals surface area contributed by atoms with Crippen molar-refractivity contribution in [2.75, 3.05) is 7.11 Å². The van der Waals surface area contributed by atoms with Crippen LogP contribution >= 0.6 is 0 Å². The van der Waals surface area contributed by atoms with Crippen molar-refractivity contribution in [3.05, 3.63) is 60.2 Å². The molecule has 2 aromatic rings. The lowest BCUT2D eigenvalue weighted by atomic mass is 10.0. The first-order valence-corrected chi connectivity index (χ1v) is 6.03. The molecule has 2 rings (SSSR count). The Kier molecular flexibility index (Phi) is 4.18. The van der Waals surface area contributed by atoms with Crippen LogP contribution in [0.1, 0.15) is 18.4 Å². The zero-order valence-electron chi connectivity index (χ0n) is 10.9. The van der Waals surface area contributed by atoms with Gasteiger partial charge in [-0.25, -0.2) is 0 Å². The molecular weight excluding hydrogens is 240 g/mol. The minimum absolute atomic E-state index is 0.299. The number of rotatable bonds is 4. The lowest BCUT2D eigenvalue weighted by molar-refractivity contribution is -0.135. The average Bonchev–Trinajstić information content (AvgIpc) is 2.48. The van der Waals surface area contributed by atoms with Crippen LogP contribution in [0.3, 0.4) is 0 Å². The van der Waals surface area contributed by atoms with Crippen LogP contribution in [0.5, 0.6) is 11.5 Å². The molecule has 2 aromatic carbocycles. The van der Waals surface area contributed by atoms with Crippen LogP contribution in [0, 0.1) is 6.07 Å². The molecule has 19 heavy (non-hydrogen) atoms. The van der Waals surface area contributed by atoms with Crippen LogP contribution in [-0.2, 0) is 4.79 Å². The minimum atomic E-state index is -0.344. The van der Waals surface area contributed by atoms with E-state index in [4.69, 9.17) is 9.47 Å². The van der Waals surface area contributed by atoms with Gasteiger partial charge in [-0.05, 0) is 42.8 Å². The molecule has 3 nitrogen and oxygen atoms in total. The molecule has 1 unspecified atom stereocenters. The fraction of sp³-hybridized carbons (Fsp3) is 0.188. The predicted octanol–water partition coefficient (Wildman–Crippen LogP) is 3.20. The van der Waals surface area contributed by atoms with E-state index in [2.05, 4.69) is 6.07 Å². The number of hydrogen-bond acceptors (Lipinski definition) is 3. The summed E-state index contributed by atoms with van der Waals surface area (Å²) in [5, 5.41) is 0. The lowest BCUT2D eigenvalue weighted by Crippen LogP contribution is -2.16. The highest BCUT2D eigenvalue weighted by Gasteiger charge is 2.17. The van der Waals surface area contributed by atoms with Gasteiger partial charge in [0.2, 0.25) is 0 Å². The average molecular weight is 255 g/mol. The number of hydrogen-bond donors (Lipinski definition) is 0. The van der Waals surface area contributed by atoms with Crippen LogP contribution < -0.4 is 9.47 Å². The number of carbonyl (C=O) groups excluding carboxylic acids is 1. The topological polar surface area (TPSA) is 35.5 Å². The molecule has 0 aliphatic carbocycles. The van der Waals surface area contributed by atoms with Crippen LogP contribution in [0.15, 0.2) is 48.5 Å². The monoisotopic (exact) mass is 255 g/mol. The molecule has 0 heterocycles. The van der Waals surface area contributed by atoms with Crippen molar-refractivity contribution >= 4 is 5.97 Å². The highest BCUT2D eigenvalue weighted by Crippen LogP contribution is 2.21. The minimum Gasteiger partial charge on any atom is -0.497 e. The van der Waals surface area contributed by atoms with Crippen LogP contribution in [0.2, 0.25) is 0 Å². The van der Waals surface area contributed by atoms with Crippen LogP contribution in [0.4, 0.5) is 0 Å². The predicted molar refractivity (Wildman–Crippen MR) is 72.3 cm³/mol. The molecule has 0 spiro atoms. The maximum absolute atomic E-state index is 12.0. The third-order valence-electron chi connectivity index (χ3n) is 2.83. The van der Waals surface area contributed by atoms with Gasteiger partial charge in [0.05, 0.1) is 13.0 Å². The zero-order chi connectivity index (χ0) is 13.7. The summed E-state index contributed by atoms with van der Waals surface area (Å²) in [7, 11) is 1.59. The lowest BCUT2D eigenvalue weighted by Gasteiger charge is -2.11. The van der Waals surface area contributed by atoms with E-state index in [0.717, 1.165) is 11.3 Å². The van der Waals surface area contributed by atoms with E-state index >= 15 is 0 Å². The summed E-state index contributed by atoms with van der Waals surface area (Å²) in [5.41, 5.74) is 0.820. The summed E-state index contributed by atoms with van der Waals surface area (Å²) in [6.07, 6.45) is 0. The van der Waals surface area contributed by atoms with Gasteiger partial charge in [0.1, 0.15) is 11.5 Å². The SMILES string of the molecule is COc1ccc(OC(=O)C(C)c2[c]cccc2)cc1. The van der Waals surface area contributed by atoms with E-state index in [9.17, 15) is 4.79 Å². The van der Waals surface area contributed by atoms with Gasteiger partial charge in [-0.1, -0.05) is 24.3 Å². The van der Waals surface area contributed by atoms with Crippen molar-refractivity contribution in [2.24, 2.45) is 0 Å². The van der Waals surface area contributed by atoms with Crippen molar-refractivity contribution in [2.45, 2.75) is 12.8 Å². The Hall–Kier alpha value is -2.29. The third kappa shape index (κ3) is 3.35. The molecule has 1 radical (unpaired) electrons. The maximum Gasteiger partial charge on any atom is 0.318 e. The molecule has 0 aliphatic heterocycles. The van der Waals surface area contributed by atoms with Crippen LogP contribution in [0.25, 0.3) is 0 Å². The van der Waals surface area contributed by atoms with Gasteiger partial charge in [-0.15, -0.1) is 0 Å². The molecule has 0 saturated heterocycles. The number of esters is 1. The van der Waals surface area contributed by atoms with Crippen molar-refractivity contribution in [3.63, 3.8) is 0 Å². The molecule has 0 amide bonds. The van der Waals surface area contributed by atoms with E-state index < -0.39 is 0 Å². The summed E-state index contributed by atoms with van der Waals surface area (Å²) in [5.74, 6) is 0.591. The smallest absolute Gasteiger partial charge is 0.318 e. The van der Waals surface area contributed by atoms with Crippen molar-refractivity contribution in [1.82, 2.24) is 0 Å². The van der Waals surface area contributed by atoms with E-state index in [0.29, 0.717) is 5.75 Å². The number of benzene rings is 2. The summed E-state index contributed by atoms with van der Waals surface area (Å²) < 4.78 is 10.4. The van der Waals surface area contributed by atoms with E-state index in [1.165, 1.54) is 0 Å². The number of ether oxygens (including phenoxy) is 2. The quantitative estimate of drug-likeness (QED) is 0.621. The maximum atomic E-state index is 12.0. The molecular formula is C16H15O3. The standard InChI is InChI=1S/C16H15O3/c1-12(13-6-4-3-5-7-13)16(17)19-15-10-8-14(18-2)9-11-15/h3-6,8-12H,1-2H3. The molecule has 1 atom stereocenters. The number of methoxy groups -OCH3 is 1. The summed E-state index contributed by atoms with van der Waals surface area (Å²) in [6, 6.07) is 17.3. The Morgan fingerprint density at radius 2 is 1.79 bits per heavy atom. The first kappa shape index (κ1) is 13.1. The Morgan fingerprint density at radius 3 is 2.37 bits per heavy atom. The fourth-order valence-corrected chi connectivity index (χ4v) is 1.65. The first-order valence-electron chi connectivity index (χ1n) is 6.03. The normalized spacial score (nSPS) is 11.7. The molecule has 97 valence electrons. The summed E-state index contributed by atoms with van der Waals surface area (Å²) >= 11 is 0. The Bertz CT molecular complexity index is 532. The van der Waals surface area contributed by atoms with Gasteiger partial charge in [0, 0.05) is 0 Å². The fourth-order valence-electron chi connectivity index (χ4n) is 1.65. The van der Waals surface area contributed by atoms with Gasteiger partial charge < -0.3 is 9.47 Å². The van der Waals surface area contributed by atoms with Crippen molar-refractivity contribution in [1.29, 1.82) is 0 Å². The number of carbonyl (C=O) groups is 1. The van der Waals surface area contributed by atoms with Crippen molar-refractivity contribution in [3.8, 4) is 11.5 Å². The molecule has 0 N–H and O–H groups in total. The highest BCUT2D eigenvalue weighted by atomic mass is 16.5. The van der Waals surface area contributed by atoms with Gasteiger partial charge in [0.25, 0.3) is 0 Å². The first-order chi connectivity index (χ1) is 9.20. The second-order valence-corrected chi connectivity index (χ2v) is 4.14. The van der Waals surface area contributed by atoms with Gasteiger partial charge in [-0.3, -0.25) is 4.79 Å². The van der Waals surface area contributed by atoms with Crippen molar-refractivity contribution < 1.29 is 14.3 Å². The van der Waals surface area contributed by atoms with E-state index in [1.807, 2.05) is 18.2 Å². The molecule has 0 aromatic heterocycles. The Balaban J connectivity index is 2.04. The Morgan fingerprint density at radius 1 is 1.11 bits per heavy atom. The van der Waals surface area contributed by atoms with Gasteiger partial charge >= 0.3 is 5.97 Å². The van der Waals surface area contributed by atoms with E-state index in [-0.39, 0.29) is 11.9 Å². The molecule has 0 saturated carbocycles. The van der Waals surface area contributed by atoms with Gasteiger partial charge in [-0.2, -0.15) is 0 Å². The summed E-state index contributed by atoms with van der Waals surface area (Å²) in [4.78, 5) is 12.0. The van der Waals surface area contributed by atoms with Crippen LogP contribution in [-0.4, -0.2) is 13.1 Å². The third-order valence-corrected chi connectivity index (χ3v) is 2.83. The molecule has 3 heteroatoms. The largest absolute Gasteiger partial charge is 0.497 e. The summed E-state index contributed by atoms with van der Waals surface area (Å²) in [6.45, 7) is 1.80. The Labute approximate surface area is 112 Å². The van der Waals surface area contributed by atoms with E-state index in [1.54, 1.807) is 44.4 Å². The second kappa shape index (κ2) is 6.05. The highest BCUT2D eigenvalue weighted by molar-refractivity contribution is 5.79. The molecule has 0 aliphatic rings. The van der Waals surface area contributed by atoms with Gasteiger partial charge in [0.15, 0.2) is 0 Å². The second-order valence-electron chi connectivity index (χ2n) is 4.14. The zero-order valence-corrected chi connectivity index (χ0v) is 10.9.